The number of benzene rings is 1. The van der Waals surface area contributed by atoms with Crippen LogP contribution < -0.4 is 5.32 Å². The molecule has 0 aliphatic carbocycles. The van der Waals surface area contributed by atoms with Gasteiger partial charge in [-0.2, -0.15) is 0 Å². The zero-order valence-corrected chi connectivity index (χ0v) is 14.5. The molecule has 1 fully saturated rings. The maximum Gasteiger partial charge on any atom is 0.277 e. The highest BCUT2D eigenvalue weighted by atomic mass is 35.5. The van der Waals surface area contributed by atoms with Gasteiger partial charge in [0, 0.05) is 23.8 Å². The first kappa shape index (κ1) is 17.2. The molecule has 0 saturated carbocycles. The molecule has 1 aromatic carbocycles. The van der Waals surface area contributed by atoms with Gasteiger partial charge < -0.3 is 14.5 Å². The molecule has 1 aliphatic heterocycles. The summed E-state index contributed by atoms with van der Waals surface area (Å²) in [6, 6.07) is 7.00. The van der Waals surface area contributed by atoms with Gasteiger partial charge in [-0.3, -0.25) is 9.69 Å². The normalized spacial score (nSPS) is 15.4. The van der Waals surface area contributed by atoms with Crippen LogP contribution in [0, 0.1) is 0 Å². The summed E-state index contributed by atoms with van der Waals surface area (Å²) in [5.41, 5.74) is 0.659. The van der Waals surface area contributed by atoms with Crippen molar-refractivity contribution in [2.24, 2.45) is 0 Å². The average Bonchev–Trinajstić information content (AvgIpc) is 3.01. The molecule has 7 nitrogen and oxygen atoms in total. The molecule has 0 bridgehead atoms. The van der Waals surface area contributed by atoms with E-state index in [9.17, 15) is 4.79 Å². The van der Waals surface area contributed by atoms with Crippen molar-refractivity contribution in [1.29, 1.82) is 0 Å². The van der Waals surface area contributed by atoms with Crippen LogP contribution in [0.25, 0.3) is 0 Å². The largest absolute Gasteiger partial charge is 0.415 e. The summed E-state index contributed by atoms with van der Waals surface area (Å²) in [6.45, 7) is 3.75. The molecule has 2 heterocycles. The van der Waals surface area contributed by atoms with Gasteiger partial charge in [-0.25, -0.2) is 0 Å². The van der Waals surface area contributed by atoms with Gasteiger partial charge >= 0.3 is 0 Å². The van der Waals surface area contributed by atoms with Crippen molar-refractivity contribution in [3.05, 3.63) is 35.2 Å². The lowest BCUT2D eigenvalue weighted by Crippen LogP contribution is -2.35. The molecular formula is C15H17ClN4O3S. The number of nitrogens with zero attached hydrogens (tertiary/aromatic N) is 3. The minimum Gasteiger partial charge on any atom is -0.415 e. The summed E-state index contributed by atoms with van der Waals surface area (Å²) >= 11 is 7.09. The lowest BCUT2D eigenvalue weighted by molar-refractivity contribution is -0.113. The minimum atomic E-state index is -0.157. The van der Waals surface area contributed by atoms with E-state index in [1.165, 1.54) is 11.8 Å². The van der Waals surface area contributed by atoms with E-state index < -0.39 is 0 Å². The predicted octanol–water partition coefficient (Wildman–Crippen LogP) is 2.29. The number of nitrogens with one attached hydrogen (secondary N) is 1. The predicted molar refractivity (Wildman–Crippen MR) is 91.2 cm³/mol. The first-order valence-electron chi connectivity index (χ1n) is 7.50. The molecule has 0 unspecified atom stereocenters. The van der Waals surface area contributed by atoms with Gasteiger partial charge in [0.1, 0.15) is 0 Å². The highest BCUT2D eigenvalue weighted by Gasteiger charge is 2.15. The fourth-order valence-electron chi connectivity index (χ4n) is 2.20. The van der Waals surface area contributed by atoms with E-state index in [0.29, 0.717) is 28.4 Å². The summed E-state index contributed by atoms with van der Waals surface area (Å²) in [5.74, 6) is 0.580. The third kappa shape index (κ3) is 5.20. The fourth-order valence-corrected chi connectivity index (χ4v) is 2.97. The Bertz CT molecular complexity index is 691. The number of amides is 1. The van der Waals surface area contributed by atoms with Crippen LogP contribution in [0.15, 0.2) is 33.9 Å². The molecular weight excluding hydrogens is 352 g/mol. The van der Waals surface area contributed by atoms with Crippen molar-refractivity contribution in [3.63, 3.8) is 0 Å². The van der Waals surface area contributed by atoms with E-state index in [4.69, 9.17) is 20.8 Å². The summed E-state index contributed by atoms with van der Waals surface area (Å²) in [5, 5.41) is 11.7. The van der Waals surface area contributed by atoms with Gasteiger partial charge in [0.15, 0.2) is 0 Å². The molecule has 0 spiro atoms. The summed E-state index contributed by atoms with van der Waals surface area (Å²) in [6.07, 6.45) is 0. The van der Waals surface area contributed by atoms with Crippen molar-refractivity contribution >= 4 is 35.0 Å². The smallest absolute Gasteiger partial charge is 0.277 e. The third-order valence-corrected chi connectivity index (χ3v) is 4.40. The number of hydrogen-bond donors (Lipinski definition) is 1. The molecule has 3 rings (SSSR count). The Labute approximate surface area is 148 Å². The molecule has 2 aromatic rings. The van der Waals surface area contributed by atoms with Gasteiger partial charge in [0.2, 0.25) is 11.8 Å². The van der Waals surface area contributed by atoms with Gasteiger partial charge in [-0.15, -0.1) is 10.2 Å². The first-order valence-corrected chi connectivity index (χ1v) is 8.86. The Morgan fingerprint density at radius 3 is 2.96 bits per heavy atom. The van der Waals surface area contributed by atoms with Gasteiger partial charge in [-0.1, -0.05) is 29.4 Å². The zero-order chi connectivity index (χ0) is 16.8. The molecule has 1 aromatic heterocycles. The number of thioether (sulfide) groups is 1. The Morgan fingerprint density at radius 1 is 1.33 bits per heavy atom. The second kappa shape index (κ2) is 8.48. The second-order valence-corrected chi connectivity index (χ2v) is 6.56. The van der Waals surface area contributed by atoms with E-state index >= 15 is 0 Å². The van der Waals surface area contributed by atoms with E-state index in [2.05, 4.69) is 20.4 Å². The van der Waals surface area contributed by atoms with Crippen LogP contribution in [-0.4, -0.2) is 53.1 Å². The zero-order valence-electron chi connectivity index (χ0n) is 12.9. The molecule has 0 radical (unpaired) electrons. The SMILES string of the molecule is O=C(CSc1nnc(CN2CCOCC2)o1)Nc1cccc(Cl)c1. The molecule has 9 heteroatoms. The number of hydrogen-bond acceptors (Lipinski definition) is 7. The Kier molecular flexibility index (Phi) is 6.08. The topological polar surface area (TPSA) is 80.5 Å². The summed E-state index contributed by atoms with van der Waals surface area (Å²) in [7, 11) is 0. The van der Waals surface area contributed by atoms with E-state index in [0.717, 1.165) is 26.3 Å². The third-order valence-electron chi connectivity index (χ3n) is 3.35. The number of aromatic nitrogens is 2. The Morgan fingerprint density at radius 2 is 2.17 bits per heavy atom. The Balaban J connectivity index is 1.45. The quantitative estimate of drug-likeness (QED) is 0.783. The molecule has 1 N–H and O–H groups in total. The number of ether oxygens (including phenoxy) is 1. The number of carbonyl (C=O) groups is 1. The monoisotopic (exact) mass is 368 g/mol. The van der Waals surface area contributed by atoms with Crippen LogP contribution in [0.2, 0.25) is 5.02 Å². The lowest BCUT2D eigenvalue weighted by atomic mass is 10.3. The van der Waals surface area contributed by atoms with Crippen LogP contribution in [0.4, 0.5) is 5.69 Å². The van der Waals surface area contributed by atoms with Crippen molar-refractivity contribution < 1.29 is 13.9 Å². The number of anilines is 1. The number of rotatable bonds is 6. The number of carbonyl (C=O) groups excluding carboxylic acids is 1. The number of morpholine rings is 1. The van der Waals surface area contributed by atoms with E-state index in [1.807, 2.05) is 0 Å². The fraction of sp³-hybridized carbons (Fsp3) is 0.400. The van der Waals surface area contributed by atoms with Crippen LogP contribution in [0.3, 0.4) is 0 Å². The summed E-state index contributed by atoms with van der Waals surface area (Å²) in [4.78, 5) is 14.1. The lowest BCUT2D eigenvalue weighted by Gasteiger charge is -2.24. The van der Waals surface area contributed by atoms with Crippen molar-refractivity contribution in [3.8, 4) is 0 Å². The highest BCUT2D eigenvalue weighted by Crippen LogP contribution is 2.19. The second-order valence-electron chi connectivity index (χ2n) is 5.20. The van der Waals surface area contributed by atoms with Crippen molar-refractivity contribution in [2.75, 3.05) is 37.4 Å². The molecule has 128 valence electrons. The van der Waals surface area contributed by atoms with Crippen molar-refractivity contribution in [1.82, 2.24) is 15.1 Å². The van der Waals surface area contributed by atoms with E-state index in [1.54, 1.807) is 24.3 Å². The van der Waals surface area contributed by atoms with E-state index in [-0.39, 0.29) is 11.7 Å². The Hall–Kier alpha value is -1.61. The van der Waals surface area contributed by atoms with Crippen LogP contribution in [0.5, 0.6) is 0 Å². The van der Waals surface area contributed by atoms with Crippen LogP contribution in [0.1, 0.15) is 5.89 Å². The van der Waals surface area contributed by atoms with Crippen LogP contribution in [-0.2, 0) is 16.1 Å². The van der Waals surface area contributed by atoms with Gasteiger partial charge in [0.25, 0.3) is 5.22 Å². The first-order chi connectivity index (χ1) is 11.7. The van der Waals surface area contributed by atoms with Gasteiger partial charge in [0.05, 0.1) is 25.5 Å². The highest BCUT2D eigenvalue weighted by molar-refractivity contribution is 7.99. The molecule has 1 amide bonds. The maximum absolute atomic E-state index is 11.9. The minimum absolute atomic E-state index is 0.157. The number of halogens is 1. The maximum atomic E-state index is 11.9. The van der Waals surface area contributed by atoms with Crippen LogP contribution >= 0.6 is 23.4 Å². The average molecular weight is 369 g/mol. The van der Waals surface area contributed by atoms with Crippen molar-refractivity contribution in [2.45, 2.75) is 11.8 Å². The molecule has 1 aliphatic rings. The molecule has 24 heavy (non-hydrogen) atoms. The standard InChI is InChI=1S/C15H17ClN4O3S/c16-11-2-1-3-12(8-11)17-13(21)10-24-15-19-18-14(23-15)9-20-4-6-22-7-5-20/h1-3,8H,4-7,9-10H2,(H,17,21). The molecule has 1 saturated heterocycles. The van der Waals surface area contributed by atoms with Gasteiger partial charge in [-0.05, 0) is 18.2 Å². The molecule has 0 atom stereocenters. The summed E-state index contributed by atoms with van der Waals surface area (Å²) < 4.78 is 10.9.